The molecule has 0 spiro atoms. The lowest BCUT2D eigenvalue weighted by atomic mass is 10.2. The number of nitrogens with one attached hydrogen (secondary N) is 2. The highest BCUT2D eigenvalue weighted by Gasteiger charge is 2.17. The molecule has 0 radical (unpaired) electrons. The summed E-state index contributed by atoms with van der Waals surface area (Å²) in [7, 11) is 1.54. The molecule has 0 aliphatic heterocycles. The van der Waals surface area contributed by atoms with Crippen LogP contribution < -0.4 is 16.7 Å². The van der Waals surface area contributed by atoms with Gasteiger partial charge in [-0.05, 0) is 18.1 Å². The monoisotopic (exact) mass is 356 g/mol. The molecule has 2 aromatic heterocycles. The highest BCUT2D eigenvalue weighted by molar-refractivity contribution is 5.83. The minimum atomic E-state index is -0.527. The van der Waals surface area contributed by atoms with Gasteiger partial charge in [-0.25, -0.2) is 10.2 Å². The highest BCUT2D eigenvalue weighted by atomic mass is 16.3. The summed E-state index contributed by atoms with van der Waals surface area (Å²) >= 11 is 0. The van der Waals surface area contributed by atoms with Crippen molar-refractivity contribution in [3.63, 3.8) is 0 Å². The molecule has 1 aromatic carbocycles. The third-order valence-electron chi connectivity index (χ3n) is 3.86. The highest BCUT2D eigenvalue weighted by Crippen LogP contribution is 2.18. The average Bonchev–Trinajstić information content (AvgIpc) is 2.93. The number of H-pyrrole nitrogens is 1. The number of rotatable bonds is 5. The van der Waals surface area contributed by atoms with Crippen LogP contribution in [0.4, 0.5) is 5.95 Å². The van der Waals surface area contributed by atoms with Crippen LogP contribution in [0.3, 0.4) is 0 Å². The van der Waals surface area contributed by atoms with Crippen molar-refractivity contribution in [3.05, 3.63) is 50.7 Å². The second kappa shape index (κ2) is 6.87. The van der Waals surface area contributed by atoms with Gasteiger partial charge in [0, 0.05) is 19.2 Å². The standard InChI is InChI=1S/C17H20N6O3/c1-10(2)9-23-13-14(22(3)17(26)20-15(13)25)19-16(23)21-18-8-11-6-4-5-7-12(11)24/h4-8,10,24H,9H2,1-3H3,(H,19,21)(H,20,25,26)/b18-8-. The van der Waals surface area contributed by atoms with E-state index in [2.05, 4.69) is 20.5 Å². The zero-order chi connectivity index (χ0) is 18.8. The molecule has 0 unspecified atom stereocenters. The van der Waals surface area contributed by atoms with E-state index in [0.29, 0.717) is 23.6 Å². The molecule has 3 N–H and O–H groups in total. The largest absolute Gasteiger partial charge is 0.507 e. The van der Waals surface area contributed by atoms with E-state index in [1.807, 2.05) is 13.8 Å². The fourth-order valence-corrected chi connectivity index (χ4v) is 2.62. The molecule has 9 nitrogen and oxygen atoms in total. The van der Waals surface area contributed by atoms with Gasteiger partial charge < -0.3 is 9.67 Å². The van der Waals surface area contributed by atoms with Crippen LogP contribution in [0.1, 0.15) is 19.4 Å². The third kappa shape index (κ3) is 3.23. The zero-order valence-corrected chi connectivity index (χ0v) is 14.7. The van der Waals surface area contributed by atoms with Gasteiger partial charge in [0.25, 0.3) is 5.56 Å². The Hall–Kier alpha value is -3.36. The number of fused-ring (bicyclic) bond motifs is 1. The Morgan fingerprint density at radius 2 is 2.08 bits per heavy atom. The quantitative estimate of drug-likeness (QED) is 0.469. The SMILES string of the molecule is CC(C)Cn1c(N/N=C\c2ccccc2O)nc2c1c(=O)[nH]c(=O)n2C. The first-order valence-corrected chi connectivity index (χ1v) is 8.15. The van der Waals surface area contributed by atoms with E-state index in [-0.39, 0.29) is 17.3 Å². The summed E-state index contributed by atoms with van der Waals surface area (Å²) in [6.07, 6.45) is 1.46. The van der Waals surface area contributed by atoms with Crippen LogP contribution in [0, 0.1) is 5.92 Å². The number of hydrogen-bond acceptors (Lipinski definition) is 6. The Morgan fingerprint density at radius 3 is 2.77 bits per heavy atom. The minimum Gasteiger partial charge on any atom is -0.507 e. The van der Waals surface area contributed by atoms with Crippen LogP contribution in [-0.4, -0.2) is 30.4 Å². The maximum Gasteiger partial charge on any atom is 0.329 e. The maximum absolute atomic E-state index is 12.3. The van der Waals surface area contributed by atoms with Crippen molar-refractivity contribution in [1.82, 2.24) is 19.1 Å². The number of aromatic nitrogens is 4. The zero-order valence-electron chi connectivity index (χ0n) is 14.7. The van der Waals surface area contributed by atoms with Crippen molar-refractivity contribution in [1.29, 1.82) is 0 Å². The normalized spacial score (nSPS) is 11.7. The van der Waals surface area contributed by atoms with E-state index >= 15 is 0 Å². The number of aromatic hydroxyl groups is 1. The fraction of sp³-hybridized carbons (Fsp3) is 0.294. The number of phenols is 1. The van der Waals surface area contributed by atoms with E-state index in [1.165, 1.54) is 10.8 Å². The van der Waals surface area contributed by atoms with Crippen molar-refractivity contribution >= 4 is 23.3 Å². The number of phenolic OH excluding ortho intramolecular Hbond substituents is 1. The van der Waals surface area contributed by atoms with Gasteiger partial charge in [0.1, 0.15) is 5.75 Å². The number of para-hydroxylation sites is 1. The molecule has 0 amide bonds. The molecule has 9 heteroatoms. The molecule has 0 saturated carbocycles. The van der Waals surface area contributed by atoms with Gasteiger partial charge in [0.2, 0.25) is 5.95 Å². The van der Waals surface area contributed by atoms with Crippen LogP contribution in [0.2, 0.25) is 0 Å². The van der Waals surface area contributed by atoms with E-state index in [4.69, 9.17) is 0 Å². The summed E-state index contributed by atoms with van der Waals surface area (Å²) in [5.41, 5.74) is 2.90. The molecule has 3 aromatic rings. The molecule has 0 atom stereocenters. The molecule has 2 heterocycles. The van der Waals surface area contributed by atoms with Gasteiger partial charge in [0.05, 0.1) is 6.21 Å². The van der Waals surface area contributed by atoms with E-state index in [9.17, 15) is 14.7 Å². The van der Waals surface area contributed by atoms with Gasteiger partial charge >= 0.3 is 5.69 Å². The number of anilines is 1. The Bertz CT molecular complexity index is 1090. The van der Waals surface area contributed by atoms with Crippen molar-refractivity contribution in [2.24, 2.45) is 18.1 Å². The lowest BCUT2D eigenvalue weighted by Gasteiger charge is -2.10. The van der Waals surface area contributed by atoms with Crippen molar-refractivity contribution in [2.75, 3.05) is 5.43 Å². The van der Waals surface area contributed by atoms with Gasteiger partial charge in [-0.2, -0.15) is 10.1 Å². The van der Waals surface area contributed by atoms with Gasteiger partial charge in [-0.15, -0.1) is 0 Å². The van der Waals surface area contributed by atoms with Crippen molar-refractivity contribution < 1.29 is 5.11 Å². The average molecular weight is 356 g/mol. The third-order valence-corrected chi connectivity index (χ3v) is 3.86. The Balaban J connectivity index is 2.06. The Morgan fingerprint density at radius 1 is 1.35 bits per heavy atom. The molecule has 0 aliphatic carbocycles. The number of aromatic amines is 1. The molecule has 0 fully saturated rings. The Labute approximate surface area is 148 Å². The van der Waals surface area contributed by atoms with E-state index < -0.39 is 11.2 Å². The summed E-state index contributed by atoms with van der Waals surface area (Å²) in [6.45, 7) is 4.54. The predicted octanol–water partition coefficient (Wildman–Crippen LogP) is 1.23. The van der Waals surface area contributed by atoms with Crippen LogP contribution in [0.15, 0.2) is 39.0 Å². The molecular formula is C17H20N6O3. The van der Waals surface area contributed by atoms with Crippen molar-refractivity contribution in [3.8, 4) is 5.75 Å². The molecule has 26 heavy (non-hydrogen) atoms. The number of hydrazone groups is 1. The van der Waals surface area contributed by atoms with Crippen LogP contribution >= 0.6 is 0 Å². The van der Waals surface area contributed by atoms with E-state index in [1.54, 1.807) is 35.9 Å². The topological polar surface area (TPSA) is 117 Å². The molecule has 3 rings (SSSR count). The van der Waals surface area contributed by atoms with Crippen molar-refractivity contribution in [2.45, 2.75) is 20.4 Å². The summed E-state index contributed by atoms with van der Waals surface area (Å²) < 4.78 is 2.98. The smallest absolute Gasteiger partial charge is 0.329 e. The number of imidazole rings is 1. The van der Waals surface area contributed by atoms with Crippen LogP contribution in [-0.2, 0) is 13.6 Å². The summed E-state index contributed by atoms with van der Waals surface area (Å²) in [5, 5.41) is 13.9. The van der Waals surface area contributed by atoms with Gasteiger partial charge in [-0.3, -0.25) is 14.3 Å². The predicted molar refractivity (Wildman–Crippen MR) is 99.8 cm³/mol. The summed E-state index contributed by atoms with van der Waals surface area (Å²) in [4.78, 5) is 30.7. The first-order chi connectivity index (χ1) is 12.4. The molecule has 0 bridgehead atoms. The first-order valence-electron chi connectivity index (χ1n) is 8.15. The second-order valence-electron chi connectivity index (χ2n) is 6.36. The van der Waals surface area contributed by atoms with E-state index in [0.717, 1.165) is 0 Å². The first kappa shape index (κ1) is 17.5. The molecule has 0 saturated heterocycles. The lowest BCUT2D eigenvalue weighted by Crippen LogP contribution is -2.29. The van der Waals surface area contributed by atoms with Gasteiger partial charge in [0.15, 0.2) is 11.2 Å². The Kier molecular flexibility index (Phi) is 4.61. The summed E-state index contributed by atoms with van der Waals surface area (Å²) in [6, 6.07) is 6.77. The van der Waals surface area contributed by atoms with Crippen LogP contribution in [0.25, 0.3) is 11.2 Å². The number of aryl methyl sites for hydroxylation is 1. The molecular weight excluding hydrogens is 336 g/mol. The maximum atomic E-state index is 12.3. The molecule has 136 valence electrons. The number of hydrogen-bond donors (Lipinski definition) is 3. The summed E-state index contributed by atoms with van der Waals surface area (Å²) in [5.74, 6) is 0.686. The fourth-order valence-electron chi connectivity index (χ4n) is 2.62. The lowest BCUT2D eigenvalue weighted by molar-refractivity contribution is 0.474. The second-order valence-corrected chi connectivity index (χ2v) is 6.36. The van der Waals surface area contributed by atoms with Crippen LogP contribution in [0.5, 0.6) is 5.75 Å². The molecule has 0 aliphatic rings. The van der Waals surface area contributed by atoms with Gasteiger partial charge in [-0.1, -0.05) is 26.0 Å². The number of nitrogens with zero attached hydrogens (tertiary/aromatic N) is 4. The number of benzene rings is 1. The minimum absolute atomic E-state index is 0.104.